The van der Waals surface area contributed by atoms with E-state index in [0.29, 0.717) is 12.2 Å². The van der Waals surface area contributed by atoms with Gasteiger partial charge >= 0.3 is 5.97 Å². The van der Waals surface area contributed by atoms with Crippen LogP contribution in [-0.4, -0.2) is 53.3 Å². The van der Waals surface area contributed by atoms with Gasteiger partial charge in [-0.25, -0.2) is 4.79 Å². The molecule has 2 N–H and O–H groups in total. The number of carboxylic acid groups (broad SMARTS) is 1. The number of rotatable bonds is 9. The third-order valence-corrected chi connectivity index (χ3v) is 3.86. The number of aliphatic hydroxyl groups is 1. The molecule has 0 saturated heterocycles. The van der Waals surface area contributed by atoms with Crippen LogP contribution < -0.4 is 0 Å². The molecule has 0 spiro atoms. The highest BCUT2D eigenvalue weighted by Gasteiger charge is 2.15. The van der Waals surface area contributed by atoms with Crippen molar-refractivity contribution < 1.29 is 24.5 Å². The molecule has 0 aliphatic rings. The number of carboxylic acids is 1. The Balaban J connectivity index is 1.77. The number of hydrogen-bond donors (Lipinski definition) is 2. The minimum absolute atomic E-state index is 0.0786. The molecule has 6 heteroatoms. The van der Waals surface area contributed by atoms with Crippen LogP contribution in [0.15, 0.2) is 54.6 Å². The summed E-state index contributed by atoms with van der Waals surface area (Å²) in [7, 11) is 1.60. The highest BCUT2D eigenvalue weighted by molar-refractivity contribution is 5.88. The molecule has 1 atom stereocenters. The maximum atomic E-state index is 12.3. The Morgan fingerprint density at radius 2 is 1.77 bits per heavy atom. The van der Waals surface area contributed by atoms with Crippen LogP contribution in [0.5, 0.6) is 0 Å². The molecule has 0 bridgehead atoms. The van der Waals surface area contributed by atoms with Gasteiger partial charge in [0.05, 0.1) is 31.3 Å². The molecule has 0 saturated carbocycles. The fourth-order valence-corrected chi connectivity index (χ4v) is 2.48. The molecule has 0 aliphatic heterocycles. The summed E-state index contributed by atoms with van der Waals surface area (Å²) in [5.41, 5.74) is 1.78. The maximum absolute atomic E-state index is 12.3. The Morgan fingerprint density at radius 1 is 1.08 bits per heavy atom. The van der Waals surface area contributed by atoms with Crippen LogP contribution in [0.2, 0.25) is 0 Å². The van der Waals surface area contributed by atoms with Gasteiger partial charge in [-0.05, 0) is 23.3 Å². The number of aromatic carboxylic acids is 1. The van der Waals surface area contributed by atoms with Gasteiger partial charge in [0.25, 0.3) is 0 Å². The van der Waals surface area contributed by atoms with E-state index in [9.17, 15) is 14.7 Å². The first-order valence-electron chi connectivity index (χ1n) is 8.31. The third kappa shape index (κ3) is 6.31. The van der Waals surface area contributed by atoms with Crippen molar-refractivity contribution in [3.05, 3.63) is 71.3 Å². The van der Waals surface area contributed by atoms with Crippen molar-refractivity contribution in [1.82, 2.24) is 4.90 Å². The molecule has 0 heterocycles. The average Bonchev–Trinajstić information content (AvgIpc) is 2.62. The number of aliphatic hydroxyl groups excluding tert-OH is 1. The number of nitrogens with zero attached hydrogens (tertiary/aromatic N) is 1. The summed E-state index contributed by atoms with van der Waals surface area (Å²) in [6, 6.07) is 15.9. The van der Waals surface area contributed by atoms with Gasteiger partial charge in [0.2, 0.25) is 5.91 Å². The van der Waals surface area contributed by atoms with Crippen molar-refractivity contribution in [1.29, 1.82) is 0 Å². The topological polar surface area (TPSA) is 87.1 Å². The lowest BCUT2D eigenvalue weighted by atomic mass is 10.1. The van der Waals surface area contributed by atoms with Gasteiger partial charge in [-0.3, -0.25) is 4.79 Å². The second-order valence-corrected chi connectivity index (χ2v) is 6.11. The van der Waals surface area contributed by atoms with Crippen LogP contribution in [0.1, 0.15) is 21.5 Å². The van der Waals surface area contributed by atoms with Crippen LogP contribution >= 0.6 is 0 Å². The summed E-state index contributed by atoms with van der Waals surface area (Å²) in [4.78, 5) is 24.7. The second kappa shape index (κ2) is 9.70. The molecule has 6 nitrogen and oxygen atoms in total. The van der Waals surface area contributed by atoms with Crippen LogP contribution in [0.25, 0.3) is 0 Å². The number of likely N-dealkylation sites (N-methyl/N-ethyl adjacent to an activating group) is 1. The molecule has 1 amide bonds. The number of carbonyl (C=O) groups excluding carboxylic acids is 1. The van der Waals surface area contributed by atoms with E-state index in [1.54, 1.807) is 19.2 Å². The zero-order valence-corrected chi connectivity index (χ0v) is 14.7. The minimum Gasteiger partial charge on any atom is -0.478 e. The Kier molecular flexibility index (Phi) is 7.32. The first-order chi connectivity index (χ1) is 12.5. The lowest BCUT2D eigenvalue weighted by Crippen LogP contribution is -2.37. The fraction of sp³-hybridized carbons (Fsp3) is 0.300. The molecular weight excluding hydrogens is 334 g/mol. The van der Waals surface area contributed by atoms with E-state index in [2.05, 4.69) is 0 Å². The molecule has 2 rings (SSSR count). The maximum Gasteiger partial charge on any atom is 0.335 e. The number of carbonyl (C=O) groups is 2. The van der Waals surface area contributed by atoms with E-state index in [4.69, 9.17) is 9.84 Å². The summed E-state index contributed by atoms with van der Waals surface area (Å²) in [6.45, 7) is 0.671. The largest absolute Gasteiger partial charge is 0.478 e. The van der Waals surface area contributed by atoms with Crippen molar-refractivity contribution in [2.24, 2.45) is 0 Å². The molecule has 0 aliphatic carbocycles. The fourth-order valence-electron chi connectivity index (χ4n) is 2.48. The van der Waals surface area contributed by atoms with Crippen molar-refractivity contribution in [2.75, 3.05) is 20.2 Å². The van der Waals surface area contributed by atoms with Gasteiger partial charge in [0, 0.05) is 13.6 Å². The number of benzene rings is 2. The highest BCUT2D eigenvalue weighted by Crippen LogP contribution is 2.08. The van der Waals surface area contributed by atoms with Crippen LogP contribution in [0, 0.1) is 0 Å². The van der Waals surface area contributed by atoms with E-state index >= 15 is 0 Å². The molecular formula is C20H23NO5. The van der Waals surface area contributed by atoms with Gasteiger partial charge < -0.3 is 19.8 Å². The van der Waals surface area contributed by atoms with Crippen molar-refractivity contribution in [2.45, 2.75) is 19.1 Å². The van der Waals surface area contributed by atoms with Gasteiger partial charge in [-0.15, -0.1) is 0 Å². The molecule has 0 fully saturated rings. The number of ether oxygens (including phenoxy) is 1. The molecule has 138 valence electrons. The summed E-state index contributed by atoms with van der Waals surface area (Å²) in [6.07, 6.45) is -0.715. The predicted octanol–water partition coefficient (Wildman–Crippen LogP) is 1.96. The third-order valence-electron chi connectivity index (χ3n) is 3.86. The molecule has 2 aromatic rings. The summed E-state index contributed by atoms with van der Waals surface area (Å²) in [5.74, 6) is -1.23. The standard InChI is InChI=1S/C20H23NO5/c1-21(12-18(22)14-26-13-15-6-3-2-4-7-15)19(23)11-16-8-5-9-17(10-16)20(24)25/h2-10,18,22H,11-14H2,1H3,(H,24,25). The lowest BCUT2D eigenvalue weighted by molar-refractivity contribution is -0.131. The number of hydrogen-bond acceptors (Lipinski definition) is 4. The van der Waals surface area contributed by atoms with E-state index in [-0.39, 0.29) is 31.0 Å². The predicted molar refractivity (Wildman–Crippen MR) is 96.8 cm³/mol. The Morgan fingerprint density at radius 3 is 2.46 bits per heavy atom. The second-order valence-electron chi connectivity index (χ2n) is 6.11. The molecule has 1 unspecified atom stereocenters. The van der Waals surface area contributed by atoms with Gasteiger partial charge in [-0.1, -0.05) is 42.5 Å². The zero-order chi connectivity index (χ0) is 18.9. The smallest absolute Gasteiger partial charge is 0.335 e. The Bertz CT molecular complexity index is 732. The van der Waals surface area contributed by atoms with Crippen molar-refractivity contribution in [3.8, 4) is 0 Å². The average molecular weight is 357 g/mol. The van der Waals surface area contributed by atoms with Crippen LogP contribution in [0.4, 0.5) is 0 Å². The first-order valence-corrected chi connectivity index (χ1v) is 8.31. The summed E-state index contributed by atoms with van der Waals surface area (Å²) >= 11 is 0. The van der Waals surface area contributed by atoms with Gasteiger partial charge in [0.15, 0.2) is 0 Å². The molecule has 0 radical (unpaired) electrons. The summed E-state index contributed by atoms with van der Waals surface area (Å²) < 4.78 is 5.47. The normalized spacial score (nSPS) is 11.8. The van der Waals surface area contributed by atoms with Crippen LogP contribution in [0.3, 0.4) is 0 Å². The Labute approximate surface area is 152 Å². The minimum atomic E-state index is -1.03. The quantitative estimate of drug-likeness (QED) is 0.716. The Hall–Kier alpha value is -2.70. The first kappa shape index (κ1) is 19.6. The van der Waals surface area contributed by atoms with Crippen molar-refractivity contribution in [3.63, 3.8) is 0 Å². The SMILES string of the molecule is CN(CC(O)COCc1ccccc1)C(=O)Cc1cccc(C(=O)O)c1. The monoisotopic (exact) mass is 357 g/mol. The molecule has 2 aromatic carbocycles. The highest BCUT2D eigenvalue weighted by atomic mass is 16.5. The van der Waals surface area contributed by atoms with Gasteiger partial charge in [-0.2, -0.15) is 0 Å². The van der Waals surface area contributed by atoms with E-state index in [0.717, 1.165) is 5.56 Å². The van der Waals surface area contributed by atoms with E-state index in [1.165, 1.54) is 17.0 Å². The van der Waals surface area contributed by atoms with Crippen molar-refractivity contribution >= 4 is 11.9 Å². The zero-order valence-electron chi connectivity index (χ0n) is 14.7. The van der Waals surface area contributed by atoms with E-state index < -0.39 is 12.1 Å². The van der Waals surface area contributed by atoms with Crippen LogP contribution in [-0.2, 0) is 22.6 Å². The number of amides is 1. The molecule has 0 aromatic heterocycles. The summed E-state index contributed by atoms with van der Waals surface area (Å²) in [5, 5.41) is 19.0. The van der Waals surface area contributed by atoms with E-state index in [1.807, 2.05) is 30.3 Å². The van der Waals surface area contributed by atoms with Gasteiger partial charge in [0.1, 0.15) is 0 Å². The lowest BCUT2D eigenvalue weighted by Gasteiger charge is -2.21. The molecule has 26 heavy (non-hydrogen) atoms.